The van der Waals surface area contributed by atoms with Crippen molar-refractivity contribution in [3.8, 4) is 0 Å². The zero-order chi connectivity index (χ0) is 14.1. The van der Waals surface area contributed by atoms with Crippen molar-refractivity contribution >= 4 is 23.3 Å². The Hall–Kier alpha value is -2.37. The molecule has 1 aromatic rings. The molecular weight excluding hydrogens is 256 g/mol. The minimum absolute atomic E-state index is 0.136. The van der Waals surface area contributed by atoms with Gasteiger partial charge in [-0.1, -0.05) is 12.1 Å². The lowest BCUT2D eigenvalue weighted by atomic mass is 10.0. The average Bonchev–Trinajstić information content (AvgIpc) is 2.85. The van der Waals surface area contributed by atoms with E-state index in [1.54, 1.807) is 4.90 Å². The van der Waals surface area contributed by atoms with Crippen molar-refractivity contribution in [2.45, 2.75) is 25.8 Å². The third kappa shape index (κ3) is 2.24. The Bertz CT molecular complexity index is 579. The highest BCUT2D eigenvalue weighted by Gasteiger charge is 2.23. The highest BCUT2D eigenvalue weighted by molar-refractivity contribution is 6.07. The minimum Gasteiger partial charge on any atom is -0.328 e. The summed E-state index contributed by atoms with van der Waals surface area (Å²) in [6.07, 6.45) is 1.54. The average molecular weight is 272 g/mol. The van der Waals surface area contributed by atoms with E-state index in [1.807, 2.05) is 31.2 Å². The van der Waals surface area contributed by atoms with Crippen LogP contribution in [-0.4, -0.2) is 30.2 Å². The van der Waals surface area contributed by atoms with Crippen molar-refractivity contribution in [3.63, 3.8) is 0 Å². The van der Waals surface area contributed by atoms with E-state index in [-0.39, 0.29) is 18.0 Å². The Kier molecular flexibility index (Phi) is 3.14. The predicted molar refractivity (Wildman–Crippen MR) is 75.7 cm³/mol. The molecule has 1 atom stereocenters. The number of hydrazone groups is 1. The summed E-state index contributed by atoms with van der Waals surface area (Å²) in [6.45, 7) is 2.67. The van der Waals surface area contributed by atoms with Crippen molar-refractivity contribution < 1.29 is 9.59 Å². The van der Waals surface area contributed by atoms with Gasteiger partial charge in [0.1, 0.15) is 0 Å². The lowest BCUT2D eigenvalue weighted by Gasteiger charge is -2.22. The van der Waals surface area contributed by atoms with Crippen LogP contribution in [0.4, 0.5) is 10.5 Å². The molecule has 0 aliphatic carbocycles. The van der Waals surface area contributed by atoms with Crippen LogP contribution < -0.4 is 15.6 Å². The van der Waals surface area contributed by atoms with Crippen molar-refractivity contribution in [2.24, 2.45) is 5.10 Å². The standard InChI is InChI=1S/C14H16N4O2/c1-9-13(16-17-14(20)15-9)10-4-6-11(7-5-10)18-8-2-3-12(18)19/h4-7,9H,2-3,8H2,1H3,(H2,15,17,20). The molecule has 3 amide bonds. The number of urea groups is 1. The van der Waals surface area contributed by atoms with Crippen LogP contribution in [0.2, 0.25) is 0 Å². The van der Waals surface area contributed by atoms with E-state index < -0.39 is 0 Å². The summed E-state index contributed by atoms with van der Waals surface area (Å²) in [7, 11) is 0. The number of carbonyl (C=O) groups excluding carboxylic acids is 2. The van der Waals surface area contributed by atoms with Gasteiger partial charge < -0.3 is 10.2 Å². The summed E-state index contributed by atoms with van der Waals surface area (Å²) < 4.78 is 0. The van der Waals surface area contributed by atoms with Crippen molar-refractivity contribution in [2.75, 3.05) is 11.4 Å². The molecule has 1 saturated heterocycles. The Labute approximate surface area is 116 Å². The third-order valence-corrected chi connectivity index (χ3v) is 3.58. The first-order valence-electron chi connectivity index (χ1n) is 6.70. The van der Waals surface area contributed by atoms with Gasteiger partial charge in [-0.3, -0.25) is 4.79 Å². The summed E-state index contributed by atoms with van der Waals surface area (Å²) in [5, 5.41) is 6.84. The number of rotatable bonds is 2. The molecule has 0 saturated carbocycles. The normalized spacial score (nSPS) is 22.4. The fraction of sp³-hybridized carbons (Fsp3) is 0.357. The van der Waals surface area contributed by atoms with Gasteiger partial charge in [0.25, 0.3) is 0 Å². The number of hydrogen-bond donors (Lipinski definition) is 2. The lowest BCUT2D eigenvalue weighted by Crippen LogP contribution is -2.48. The molecule has 3 rings (SSSR count). The minimum atomic E-state index is -0.291. The molecular formula is C14H16N4O2. The molecule has 20 heavy (non-hydrogen) atoms. The smallest absolute Gasteiger partial charge is 0.328 e. The van der Waals surface area contributed by atoms with Gasteiger partial charge in [-0.15, -0.1) is 0 Å². The van der Waals surface area contributed by atoms with Gasteiger partial charge in [-0.2, -0.15) is 5.10 Å². The largest absolute Gasteiger partial charge is 0.335 e. The van der Waals surface area contributed by atoms with Gasteiger partial charge in [0.2, 0.25) is 5.91 Å². The van der Waals surface area contributed by atoms with Crippen LogP contribution in [0.3, 0.4) is 0 Å². The van der Waals surface area contributed by atoms with Gasteiger partial charge in [-0.05, 0) is 25.5 Å². The van der Waals surface area contributed by atoms with Crippen LogP contribution in [0, 0.1) is 0 Å². The summed E-state index contributed by atoms with van der Waals surface area (Å²) in [5.74, 6) is 0.176. The van der Waals surface area contributed by atoms with E-state index in [2.05, 4.69) is 15.8 Å². The molecule has 2 N–H and O–H groups in total. The predicted octanol–water partition coefficient (Wildman–Crippen LogP) is 1.22. The van der Waals surface area contributed by atoms with Gasteiger partial charge in [0, 0.05) is 24.2 Å². The van der Waals surface area contributed by atoms with Crippen molar-refractivity contribution in [3.05, 3.63) is 29.8 Å². The molecule has 0 aromatic heterocycles. The second-order valence-corrected chi connectivity index (χ2v) is 5.00. The maximum atomic E-state index is 11.7. The van der Waals surface area contributed by atoms with E-state index in [4.69, 9.17) is 0 Å². The van der Waals surface area contributed by atoms with Crippen LogP contribution in [-0.2, 0) is 4.79 Å². The second kappa shape index (κ2) is 4.96. The van der Waals surface area contributed by atoms with Gasteiger partial charge in [-0.25, -0.2) is 10.2 Å². The second-order valence-electron chi connectivity index (χ2n) is 5.00. The molecule has 1 aromatic carbocycles. The van der Waals surface area contributed by atoms with E-state index in [0.717, 1.165) is 29.9 Å². The van der Waals surface area contributed by atoms with Gasteiger partial charge >= 0.3 is 6.03 Å². The first-order valence-corrected chi connectivity index (χ1v) is 6.70. The molecule has 0 radical (unpaired) electrons. The molecule has 0 spiro atoms. The number of benzene rings is 1. The quantitative estimate of drug-likeness (QED) is 0.849. The number of nitrogens with zero attached hydrogens (tertiary/aromatic N) is 2. The Morgan fingerprint density at radius 1 is 1.25 bits per heavy atom. The Morgan fingerprint density at radius 3 is 2.60 bits per heavy atom. The summed E-state index contributed by atoms with van der Waals surface area (Å²) in [6, 6.07) is 7.27. The SMILES string of the molecule is CC1NC(=O)NN=C1c1ccc(N2CCCC2=O)cc1. The zero-order valence-corrected chi connectivity index (χ0v) is 11.2. The maximum absolute atomic E-state index is 11.7. The summed E-state index contributed by atoms with van der Waals surface area (Å²) in [5.41, 5.74) is 5.04. The van der Waals surface area contributed by atoms with Crippen LogP contribution in [0.25, 0.3) is 0 Å². The van der Waals surface area contributed by atoms with E-state index in [9.17, 15) is 9.59 Å². The van der Waals surface area contributed by atoms with E-state index >= 15 is 0 Å². The Balaban J connectivity index is 1.83. The third-order valence-electron chi connectivity index (χ3n) is 3.58. The van der Waals surface area contributed by atoms with E-state index in [1.165, 1.54) is 0 Å². The van der Waals surface area contributed by atoms with E-state index in [0.29, 0.717) is 6.42 Å². The Morgan fingerprint density at radius 2 is 2.00 bits per heavy atom. The molecule has 2 aliphatic rings. The topological polar surface area (TPSA) is 73.8 Å². The number of amides is 3. The van der Waals surface area contributed by atoms with Crippen LogP contribution >= 0.6 is 0 Å². The number of hydrogen-bond acceptors (Lipinski definition) is 3. The first kappa shape index (κ1) is 12.7. The van der Waals surface area contributed by atoms with Gasteiger partial charge in [0.15, 0.2) is 0 Å². The molecule has 1 fully saturated rings. The van der Waals surface area contributed by atoms with Crippen LogP contribution in [0.15, 0.2) is 29.4 Å². The first-order chi connectivity index (χ1) is 9.65. The summed E-state index contributed by atoms with van der Waals surface area (Å²) >= 11 is 0. The molecule has 6 nitrogen and oxygen atoms in total. The fourth-order valence-corrected chi connectivity index (χ4v) is 2.55. The monoisotopic (exact) mass is 272 g/mol. The molecule has 1 unspecified atom stereocenters. The molecule has 6 heteroatoms. The highest BCUT2D eigenvalue weighted by atomic mass is 16.2. The molecule has 104 valence electrons. The number of carbonyl (C=O) groups is 2. The maximum Gasteiger partial charge on any atom is 0.335 e. The molecule has 2 aliphatic heterocycles. The highest BCUT2D eigenvalue weighted by Crippen LogP contribution is 2.22. The lowest BCUT2D eigenvalue weighted by molar-refractivity contribution is -0.117. The summed E-state index contributed by atoms with van der Waals surface area (Å²) in [4.78, 5) is 24.6. The molecule has 2 heterocycles. The number of anilines is 1. The van der Waals surface area contributed by atoms with Gasteiger partial charge in [0.05, 0.1) is 11.8 Å². The van der Waals surface area contributed by atoms with Crippen molar-refractivity contribution in [1.29, 1.82) is 0 Å². The zero-order valence-electron chi connectivity index (χ0n) is 11.2. The van der Waals surface area contributed by atoms with Crippen LogP contribution in [0.1, 0.15) is 25.3 Å². The number of nitrogens with one attached hydrogen (secondary N) is 2. The van der Waals surface area contributed by atoms with Crippen molar-refractivity contribution in [1.82, 2.24) is 10.7 Å². The van der Waals surface area contributed by atoms with Crippen LogP contribution in [0.5, 0.6) is 0 Å². The fourth-order valence-electron chi connectivity index (χ4n) is 2.55. The molecule has 0 bridgehead atoms.